The summed E-state index contributed by atoms with van der Waals surface area (Å²) < 4.78 is 0. The van der Waals surface area contributed by atoms with Crippen molar-refractivity contribution in [1.82, 2.24) is 10.2 Å². The number of nitrogens with one attached hydrogen (secondary N) is 1. The third kappa shape index (κ3) is 2.87. The second-order valence-electron chi connectivity index (χ2n) is 5.06. The SMILES string of the molecule is CCCCC(C(=O)O)N1CC(=O)NC(=O)C1(C)C. The highest BCUT2D eigenvalue weighted by molar-refractivity contribution is 6.03. The van der Waals surface area contributed by atoms with Gasteiger partial charge in [-0.05, 0) is 20.3 Å². The van der Waals surface area contributed by atoms with E-state index in [0.29, 0.717) is 6.42 Å². The maximum atomic E-state index is 11.8. The number of aliphatic carboxylic acids is 1. The van der Waals surface area contributed by atoms with E-state index in [1.807, 2.05) is 6.92 Å². The summed E-state index contributed by atoms with van der Waals surface area (Å²) in [6.07, 6.45) is 2.06. The van der Waals surface area contributed by atoms with E-state index in [2.05, 4.69) is 5.32 Å². The molecular weight excluding hydrogens is 236 g/mol. The summed E-state index contributed by atoms with van der Waals surface area (Å²) in [7, 11) is 0. The third-order valence-electron chi connectivity index (χ3n) is 3.33. The first-order valence-electron chi connectivity index (χ1n) is 6.14. The minimum absolute atomic E-state index is 0.0561. The molecule has 0 aromatic heterocycles. The van der Waals surface area contributed by atoms with Gasteiger partial charge in [0.15, 0.2) is 0 Å². The van der Waals surface area contributed by atoms with Crippen LogP contribution in [0, 0.1) is 0 Å². The van der Waals surface area contributed by atoms with Crippen LogP contribution in [-0.2, 0) is 14.4 Å². The highest BCUT2D eigenvalue weighted by Crippen LogP contribution is 2.23. The molecule has 2 amide bonds. The van der Waals surface area contributed by atoms with E-state index in [4.69, 9.17) is 0 Å². The lowest BCUT2D eigenvalue weighted by Crippen LogP contribution is -2.67. The minimum Gasteiger partial charge on any atom is -0.480 e. The Hall–Kier alpha value is -1.43. The van der Waals surface area contributed by atoms with Crippen molar-refractivity contribution in [3.8, 4) is 0 Å². The Kier molecular flexibility index (Phi) is 4.45. The van der Waals surface area contributed by atoms with Crippen LogP contribution in [0.4, 0.5) is 0 Å². The van der Waals surface area contributed by atoms with Gasteiger partial charge in [0, 0.05) is 0 Å². The lowest BCUT2D eigenvalue weighted by Gasteiger charge is -2.43. The van der Waals surface area contributed by atoms with Crippen LogP contribution < -0.4 is 5.32 Å². The number of carbonyl (C=O) groups is 3. The summed E-state index contributed by atoms with van der Waals surface area (Å²) in [6, 6.07) is -0.796. The van der Waals surface area contributed by atoms with Crippen molar-refractivity contribution in [2.24, 2.45) is 0 Å². The number of carboxylic acid groups (broad SMARTS) is 1. The summed E-state index contributed by atoms with van der Waals surface area (Å²) in [6.45, 7) is 5.19. The Balaban J connectivity index is 2.96. The van der Waals surface area contributed by atoms with Crippen molar-refractivity contribution < 1.29 is 19.5 Å². The zero-order valence-electron chi connectivity index (χ0n) is 11.0. The number of hydrogen-bond donors (Lipinski definition) is 2. The van der Waals surface area contributed by atoms with Crippen LogP contribution in [0.1, 0.15) is 40.0 Å². The van der Waals surface area contributed by atoms with Gasteiger partial charge in [-0.3, -0.25) is 24.6 Å². The molecule has 6 nitrogen and oxygen atoms in total. The lowest BCUT2D eigenvalue weighted by atomic mass is 9.94. The molecule has 0 aliphatic carbocycles. The van der Waals surface area contributed by atoms with Gasteiger partial charge in [0.2, 0.25) is 11.8 Å². The molecule has 1 heterocycles. The van der Waals surface area contributed by atoms with Gasteiger partial charge >= 0.3 is 5.97 Å². The van der Waals surface area contributed by atoms with Crippen LogP contribution in [0.25, 0.3) is 0 Å². The second kappa shape index (κ2) is 5.48. The van der Waals surface area contributed by atoms with E-state index in [1.54, 1.807) is 13.8 Å². The van der Waals surface area contributed by atoms with E-state index in [0.717, 1.165) is 12.8 Å². The Morgan fingerprint density at radius 3 is 2.61 bits per heavy atom. The summed E-state index contributed by atoms with van der Waals surface area (Å²) >= 11 is 0. The molecular formula is C12H20N2O4. The zero-order valence-corrected chi connectivity index (χ0v) is 11.0. The first kappa shape index (κ1) is 14.6. The van der Waals surface area contributed by atoms with Crippen molar-refractivity contribution in [2.45, 2.75) is 51.6 Å². The number of imide groups is 1. The molecule has 1 fully saturated rings. The van der Waals surface area contributed by atoms with E-state index in [9.17, 15) is 19.5 Å². The van der Waals surface area contributed by atoms with Crippen LogP contribution in [0.15, 0.2) is 0 Å². The molecule has 0 aromatic carbocycles. The highest BCUT2D eigenvalue weighted by atomic mass is 16.4. The van der Waals surface area contributed by atoms with Crippen LogP contribution in [-0.4, -0.2) is 45.9 Å². The first-order valence-corrected chi connectivity index (χ1v) is 6.14. The van der Waals surface area contributed by atoms with Gasteiger partial charge in [-0.25, -0.2) is 0 Å². The fraction of sp³-hybridized carbons (Fsp3) is 0.750. The molecule has 2 N–H and O–H groups in total. The number of piperazine rings is 1. The minimum atomic E-state index is -0.987. The molecule has 1 unspecified atom stereocenters. The van der Waals surface area contributed by atoms with E-state index in [-0.39, 0.29) is 6.54 Å². The summed E-state index contributed by atoms with van der Waals surface area (Å²) in [5.74, 6) is -1.87. The van der Waals surface area contributed by atoms with Gasteiger partial charge < -0.3 is 5.11 Å². The van der Waals surface area contributed by atoms with Gasteiger partial charge in [-0.1, -0.05) is 19.8 Å². The second-order valence-corrected chi connectivity index (χ2v) is 5.06. The molecule has 6 heteroatoms. The predicted molar refractivity (Wildman–Crippen MR) is 64.9 cm³/mol. The van der Waals surface area contributed by atoms with E-state index < -0.39 is 29.4 Å². The molecule has 102 valence electrons. The number of unbranched alkanes of at least 4 members (excludes halogenated alkanes) is 1. The van der Waals surface area contributed by atoms with Crippen molar-refractivity contribution in [3.05, 3.63) is 0 Å². The Labute approximate surface area is 106 Å². The number of nitrogens with zero attached hydrogens (tertiary/aromatic N) is 1. The van der Waals surface area contributed by atoms with Crippen LogP contribution in [0.5, 0.6) is 0 Å². The Bertz CT molecular complexity index is 365. The van der Waals surface area contributed by atoms with E-state index in [1.165, 1.54) is 4.90 Å². The molecule has 0 spiro atoms. The van der Waals surface area contributed by atoms with Gasteiger partial charge in [0.25, 0.3) is 0 Å². The van der Waals surface area contributed by atoms with Crippen molar-refractivity contribution in [1.29, 1.82) is 0 Å². The Morgan fingerprint density at radius 1 is 1.50 bits per heavy atom. The average Bonchev–Trinajstić information content (AvgIpc) is 2.25. The zero-order chi connectivity index (χ0) is 13.9. The largest absolute Gasteiger partial charge is 0.480 e. The molecule has 0 saturated carbocycles. The predicted octanol–water partition coefficient (Wildman–Crippen LogP) is 0.367. The number of hydrogen-bond acceptors (Lipinski definition) is 4. The fourth-order valence-corrected chi connectivity index (χ4v) is 2.11. The van der Waals surface area contributed by atoms with Crippen LogP contribution in [0.3, 0.4) is 0 Å². The maximum Gasteiger partial charge on any atom is 0.320 e. The fourth-order valence-electron chi connectivity index (χ4n) is 2.11. The van der Waals surface area contributed by atoms with E-state index >= 15 is 0 Å². The molecule has 0 aromatic rings. The van der Waals surface area contributed by atoms with Crippen molar-refractivity contribution >= 4 is 17.8 Å². The molecule has 1 rings (SSSR count). The van der Waals surface area contributed by atoms with Gasteiger partial charge in [0.1, 0.15) is 6.04 Å². The quantitative estimate of drug-likeness (QED) is 0.694. The summed E-state index contributed by atoms with van der Waals surface area (Å²) in [5, 5.41) is 11.5. The lowest BCUT2D eigenvalue weighted by molar-refractivity contribution is -0.155. The molecule has 1 aliphatic rings. The molecule has 1 aliphatic heterocycles. The maximum absolute atomic E-state index is 11.8. The summed E-state index contributed by atoms with van der Waals surface area (Å²) in [5.41, 5.74) is -0.981. The normalized spacial score (nSPS) is 21.5. The molecule has 18 heavy (non-hydrogen) atoms. The standard InChI is InChI=1S/C12H20N2O4/c1-4-5-6-8(10(16)17)14-7-9(15)13-11(18)12(14,2)3/h8H,4-7H2,1-3H3,(H,16,17)(H,13,15,18). The molecule has 1 atom stereocenters. The highest BCUT2D eigenvalue weighted by Gasteiger charge is 2.45. The van der Waals surface area contributed by atoms with Gasteiger partial charge in [-0.2, -0.15) is 0 Å². The molecule has 1 saturated heterocycles. The summed E-state index contributed by atoms with van der Waals surface area (Å²) in [4.78, 5) is 36.0. The van der Waals surface area contributed by atoms with Crippen LogP contribution in [0.2, 0.25) is 0 Å². The topological polar surface area (TPSA) is 86.7 Å². The average molecular weight is 256 g/mol. The Morgan fingerprint density at radius 2 is 2.11 bits per heavy atom. The van der Waals surface area contributed by atoms with Gasteiger partial charge in [-0.15, -0.1) is 0 Å². The number of carbonyl (C=O) groups excluding carboxylic acids is 2. The molecule has 0 radical (unpaired) electrons. The smallest absolute Gasteiger partial charge is 0.320 e. The van der Waals surface area contributed by atoms with Crippen LogP contribution >= 0.6 is 0 Å². The number of rotatable bonds is 5. The van der Waals surface area contributed by atoms with Gasteiger partial charge in [0.05, 0.1) is 12.1 Å². The van der Waals surface area contributed by atoms with Crippen molar-refractivity contribution in [3.63, 3.8) is 0 Å². The monoisotopic (exact) mass is 256 g/mol. The third-order valence-corrected chi connectivity index (χ3v) is 3.33. The first-order chi connectivity index (χ1) is 8.30. The number of carboxylic acids is 1. The van der Waals surface area contributed by atoms with Crippen molar-refractivity contribution in [2.75, 3.05) is 6.54 Å². The number of amides is 2. The molecule has 0 bridgehead atoms.